The number of benzene rings is 1. The molecule has 1 fully saturated rings. The summed E-state index contributed by atoms with van der Waals surface area (Å²) in [7, 11) is 0. The summed E-state index contributed by atoms with van der Waals surface area (Å²) in [6, 6.07) is 7.48. The third-order valence-electron chi connectivity index (χ3n) is 3.23. The molecule has 2 aromatic rings. The number of ether oxygens (including phenoxy) is 1. The van der Waals surface area contributed by atoms with Crippen LogP contribution in [0.3, 0.4) is 0 Å². The van der Waals surface area contributed by atoms with Crippen LogP contribution in [0, 0.1) is 5.41 Å². The van der Waals surface area contributed by atoms with Crippen molar-refractivity contribution in [2.24, 2.45) is 0 Å². The Hall–Kier alpha value is -2.18. The van der Waals surface area contributed by atoms with Gasteiger partial charge in [0, 0.05) is 11.6 Å². The summed E-state index contributed by atoms with van der Waals surface area (Å²) in [4.78, 5) is 17.3. The zero-order valence-corrected chi connectivity index (χ0v) is 13.8. The summed E-state index contributed by atoms with van der Waals surface area (Å²) >= 11 is 2.62. The molecule has 0 amide bonds. The molecule has 23 heavy (non-hydrogen) atoms. The zero-order valence-electron chi connectivity index (χ0n) is 12.2. The first kappa shape index (κ1) is 15.7. The second-order valence-electron chi connectivity index (χ2n) is 4.81. The Bertz CT molecular complexity index is 764. The van der Waals surface area contributed by atoms with Gasteiger partial charge in [-0.3, -0.25) is 10.2 Å². The van der Waals surface area contributed by atoms with Crippen LogP contribution in [0.2, 0.25) is 0 Å². The minimum atomic E-state index is -0.540. The Morgan fingerprint density at radius 3 is 2.78 bits per heavy atom. The van der Waals surface area contributed by atoms with E-state index in [1.807, 2.05) is 35.7 Å². The highest BCUT2D eigenvalue weighted by Crippen LogP contribution is 2.41. The Kier molecular flexibility index (Phi) is 4.73. The Balaban J connectivity index is 1.79. The largest absolute Gasteiger partial charge is 0.490 e. The lowest BCUT2D eigenvalue weighted by atomic mass is 10.1. The average molecular weight is 342 g/mol. The molecule has 0 bridgehead atoms. The minimum Gasteiger partial charge on any atom is -0.490 e. The van der Waals surface area contributed by atoms with E-state index in [4.69, 9.17) is 10.1 Å². The first-order chi connectivity index (χ1) is 11.2. The van der Waals surface area contributed by atoms with Crippen LogP contribution in [0.25, 0.3) is 6.08 Å². The quantitative estimate of drug-likeness (QED) is 0.655. The van der Waals surface area contributed by atoms with Crippen LogP contribution in [0.1, 0.15) is 16.5 Å². The number of ketones is 1. The summed E-state index contributed by atoms with van der Waals surface area (Å²) in [5.74, 6) is 0.161. The third-order valence-corrected chi connectivity index (χ3v) is 5.07. The smallest absolute Gasteiger partial charge is 0.186 e. The van der Waals surface area contributed by atoms with Crippen molar-refractivity contribution in [3.05, 3.63) is 64.0 Å². The molecule has 1 aromatic carbocycles. The molecule has 0 radical (unpaired) electrons. The van der Waals surface area contributed by atoms with Crippen LogP contribution in [0.5, 0.6) is 5.75 Å². The number of thioether (sulfide) groups is 1. The molecule has 6 heteroatoms. The second-order valence-corrected chi connectivity index (χ2v) is 6.82. The molecule has 1 aliphatic rings. The SMILES string of the molecule is C=CCOc1ccc(/C=C2\SC(=N)[C@@H](c3nccs3)C2=O)cc1. The number of hydrogen-bond donors (Lipinski definition) is 1. The molecule has 0 spiro atoms. The van der Waals surface area contributed by atoms with Gasteiger partial charge in [0.25, 0.3) is 0 Å². The number of nitrogens with zero attached hydrogens (tertiary/aromatic N) is 1. The van der Waals surface area contributed by atoms with E-state index >= 15 is 0 Å². The highest BCUT2D eigenvalue weighted by atomic mass is 32.2. The number of rotatable bonds is 5. The molecule has 1 aromatic heterocycles. The number of carbonyl (C=O) groups excluding carboxylic acids is 1. The van der Waals surface area contributed by atoms with Crippen LogP contribution < -0.4 is 4.74 Å². The Labute approximate surface area is 142 Å². The van der Waals surface area contributed by atoms with E-state index in [1.165, 1.54) is 23.1 Å². The molecule has 0 unspecified atom stereocenters. The van der Waals surface area contributed by atoms with E-state index in [0.29, 0.717) is 21.6 Å². The fourth-order valence-corrected chi connectivity index (χ4v) is 3.96. The highest BCUT2D eigenvalue weighted by Gasteiger charge is 2.38. The van der Waals surface area contributed by atoms with Gasteiger partial charge in [-0.15, -0.1) is 11.3 Å². The predicted octanol–water partition coefficient (Wildman–Crippen LogP) is 4.13. The lowest BCUT2D eigenvalue weighted by Crippen LogP contribution is -2.11. The van der Waals surface area contributed by atoms with Crippen LogP contribution in [0.15, 0.2) is 53.4 Å². The van der Waals surface area contributed by atoms with Crippen molar-refractivity contribution in [1.29, 1.82) is 5.41 Å². The number of allylic oxidation sites excluding steroid dienone is 1. The van der Waals surface area contributed by atoms with Gasteiger partial charge in [-0.1, -0.05) is 36.5 Å². The first-order valence-electron chi connectivity index (χ1n) is 6.94. The van der Waals surface area contributed by atoms with Gasteiger partial charge in [0.2, 0.25) is 0 Å². The van der Waals surface area contributed by atoms with Crippen molar-refractivity contribution in [2.45, 2.75) is 5.92 Å². The van der Waals surface area contributed by atoms with Gasteiger partial charge >= 0.3 is 0 Å². The van der Waals surface area contributed by atoms with Gasteiger partial charge < -0.3 is 4.74 Å². The van der Waals surface area contributed by atoms with Gasteiger partial charge in [0.1, 0.15) is 23.3 Å². The number of aromatic nitrogens is 1. The van der Waals surface area contributed by atoms with Crippen LogP contribution in [-0.4, -0.2) is 22.4 Å². The monoisotopic (exact) mass is 342 g/mol. The molecular weight excluding hydrogens is 328 g/mol. The normalized spacial score (nSPS) is 19.3. The van der Waals surface area contributed by atoms with Crippen molar-refractivity contribution >= 4 is 40.0 Å². The van der Waals surface area contributed by atoms with Gasteiger partial charge in [-0.25, -0.2) is 4.98 Å². The van der Waals surface area contributed by atoms with Crippen LogP contribution in [0.4, 0.5) is 0 Å². The van der Waals surface area contributed by atoms with Gasteiger partial charge in [0.05, 0.1) is 9.95 Å². The summed E-state index contributed by atoms with van der Waals surface area (Å²) in [5, 5.41) is 10.9. The molecule has 1 atom stereocenters. The first-order valence-corrected chi connectivity index (χ1v) is 8.64. The number of hydrogen-bond acceptors (Lipinski definition) is 6. The fourth-order valence-electron chi connectivity index (χ4n) is 2.16. The third kappa shape index (κ3) is 3.43. The molecule has 4 nitrogen and oxygen atoms in total. The topological polar surface area (TPSA) is 63.0 Å². The van der Waals surface area contributed by atoms with Gasteiger partial charge in [-0.2, -0.15) is 0 Å². The number of carbonyl (C=O) groups is 1. The Morgan fingerprint density at radius 1 is 1.35 bits per heavy atom. The molecule has 2 heterocycles. The average Bonchev–Trinajstić information content (AvgIpc) is 3.15. The number of thiazole rings is 1. The summed E-state index contributed by atoms with van der Waals surface area (Å²) in [6.07, 6.45) is 5.16. The van der Waals surface area contributed by atoms with Crippen molar-refractivity contribution < 1.29 is 9.53 Å². The molecule has 0 aliphatic carbocycles. The second kappa shape index (κ2) is 6.93. The van der Waals surface area contributed by atoms with Gasteiger partial charge in [0.15, 0.2) is 5.78 Å². The maximum atomic E-state index is 12.5. The molecule has 0 saturated carbocycles. The van der Waals surface area contributed by atoms with E-state index in [9.17, 15) is 4.79 Å². The zero-order chi connectivity index (χ0) is 16.2. The van der Waals surface area contributed by atoms with E-state index in [0.717, 1.165) is 11.3 Å². The predicted molar refractivity (Wildman–Crippen MR) is 95.3 cm³/mol. The van der Waals surface area contributed by atoms with E-state index in [2.05, 4.69) is 11.6 Å². The highest BCUT2D eigenvalue weighted by molar-refractivity contribution is 8.19. The summed E-state index contributed by atoms with van der Waals surface area (Å²) < 4.78 is 5.43. The molecule has 116 valence electrons. The van der Waals surface area contributed by atoms with E-state index in [-0.39, 0.29) is 5.78 Å². The fraction of sp³-hybridized carbons (Fsp3) is 0.118. The van der Waals surface area contributed by atoms with Crippen molar-refractivity contribution in [3.63, 3.8) is 0 Å². The number of Topliss-reactive ketones (excluding diaryl/α,β-unsaturated/α-hetero) is 1. The van der Waals surface area contributed by atoms with Crippen molar-refractivity contribution in [2.75, 3.05) is 6.61 Å². The molecule has 1 N–H and O–H groups in total. The minimum absolute atomic E-state index is 0.0538. The van der Waals surface area contributed by atoms with Crippen LogP contribution >= 0.6 is 23.1 Å². The Morgan fingerprint density at radius 2 is 2.13 bits per heavy atom. The molecule has 1 saturated heterocycles. The maximum Gasteiger partial charge on any atom is 0.186 e. The lowest BCUT2D eigenvalue weighted by Gasteiger charge is -2.03. The van der Waals surface area contributed by atoms with Gasteiger partial charge in [-0.05, 0) is 23.8 Å². The van der Waals surface area contributed by atoms with Crippen molar-refractivity contribution in [1.82, 2.24) is 4.98 Å². The molecule has 1 aliphatic heterocycles. The van der Waals surface area contributed by atoms with E-state index < -0.39 is 5.92 Å². The lowest BCUT2D eigenvalue weighted by molar-refractivity contribution is -0.114. The van der Waals surface area contributed by atoms with E-state index in [1.54, 1.807) is 12.3 Å². The number of nitrogens with one attached hydrogen (secondary N) is 1. The van der Waals surface area contributed by atoms with Crippen molar-refractivity contribution in [3.8, 4) is 5.75 Å². The molecular formula is C17H14N2O2S2. The maximum absolute atomic E-state index is 12.5. The standard InChI is InChI=1S/C17H14N2O2S2/c1-2-8-21-12-5-3-11(4-6-12)10-13-15(20)14(16(18)23-13)17-19-7-9-22-17/h2-7,9-10,14,18H,1,8H2/b13-10-,18-16?/t14-/m0/s1. The summed E-state index contributed by atoms with van der Waals surface area (Å²) in [5.41, 5.74) is 0.902. The summed E-state index contributed by atoms with van der Waals surface area (Å²) in [6.45, 7) is 4.07. The molecule has 3 rings (SSSR count). The van der Waals surface area contributed by atoms with Crippen LogP contribution in [-0.2, 0) is 4.79 Å².